The summed E-state index contributed by atoms with van der Waals surface area (Å²) in [4.78, 5) is 2.25. The second kappa shape index (κ2) is 21.8. The molecule has 0 aromatic heterocycles. The molecule has 3 aromatic rings. The van der Waals surface area contributed by atoms with Crippen LogP contribution in [0.4, 0.5) is 17.1 Å². The first-order chi connectivity index (χ1) is 16.4. The normalized spacial score (nSPS) is 8.57. The van der Waals surface area contributed by atoms with Crippen LogP contribution in [0.3, 0.4) is 0 Å². The number of nitrogens with zero attached hydrogens (tertiary/aromatic N) is 1. The Bertz CT molecular complexity index is 708. The second-order valence-corrected chi connectivity index (χ2v) is 5.73. The van der Waals surface area contributed by atoms with Crippen LogP contribution in [-0.2, 0) is 0 Å². The van der Waals surface area contributed by atoms with Crippen molar-refractivity contribution in [2.45, 2.75) is 0 Å². The lowest BCUT2D eigenvalue weighted by Gasteiger charge is -2.25. The number of rotatable bonds is 3. The summed E-state index contributed by atoms with van der Waals surface area (Å²) in [5.74, 6) is 0. The van der Waals surface area contributed by atoms with E-state index in [4.69, 9.17) is 60.3 Å². The summed E-state index contributed by atoms with van der Waals surface area (Å²) < 4.78 is 0. The van der Waals surface area contributed by atoms with Crippen molar-refractivity contribution in [2.24, 2.45) is 0 Å². The van der Waals surface area contributed by atoms with Gasteiger partial charge in [0.05, 0.1) is 0 Å². The Morgan fingerprint density at radius 3 is 0.600 bits per heavy atom. The van der Waals surface area contributed by atoms with Crippen LogP contribution in [0.15, 0.2) is 91.0 Å². The van der Waals surface area contributed by atoms with Crippen LogP contribution >= 0.6 is 0 Å². The van der Waals surface area contributed by atoms with E-state index in [1.807, 2.05) is 18.2 Å². The third kappa shape index (κ3) is 24.2. The highest BCUT2D eigenvalue weighted by Gasteiger charge is 2.10. The Morgan fingerprint density at radius 1 is 0.314 bits per heavy atom. The second-order valence-electron chi connectivity index (χ2n) is 5.73. The molecule has 0 radical (unpaired) electrons. The van der Waals surface area contributed by atoms with Crippen molar-refractivity contribution in [2.75, 3.05) is 4.90 Å². The van der Waals surface area contributed by atoms with Crippen LogP contribution in [0.5, 0.6) is 0 Å². The summed E-state index contributed by atoms with van der Waals surface area (Å²) in [5, 5.41) is 86.0. The molecule has 188 valence electrons. The molecule has 0 unspecified atom stereocenters. The molecule has 3 aromatic carbocycles. The molecule has 0 spiro atoms. The first kappa shape index (κ1) is 34.4. The van der Waals surface area contributed by atoms with Crippen LogP contribution in [0.2, 0.25) is 0 Å². The van der Waals surface area contributed by atoms with E-state index in [0.29, 0.717) is 0 Å². The Morgan fingerprint density at radius 2 is 0.457 bits per heavy atom. The van der Waals surface area contributed by atoms with Gasteiger partial charge in [-0.15, -0.1) is 0 Å². The fourth-order valence-electron chi connectivity index (χ4n) is 2.18. The predicted molar refractivity (Wildman–Crippen MR) is 131 cm³/mol. The topological polar surface area (TPSA) is 246 Å². The minimum absolute atomic E-state index is 1.17. The summed E-state index contributed by atoms with van der Waals surface area (Å²) in [6.45, 7) is 0. The summed E-state index contributed by atoms with van der Waals surface area (Å²) >= 11 is 0. The maximum Gasteiger partial charge on any atom is 0.631 e. The van der Waals surface area contributed by atoms with Gasteiger partial charge in [-0.05, 0) is 36.4 Å². The molecule has 0 saturated heterocycles. The van der Waals surface area contributed by atoms with Crippen molar-refractivity contribution in [3.8, 4) is 0 Å². The van der Waals surface area contributed by atoms with Crippen molar-refractivity contribution in [1.82, 2.24) is 0 Å². The smallest absolute Gasteiger partial charge is 0.402 e. The number of anilines is 3. The van der Waals surface area contributed by atoms with Crippen LogP contribution in [0.1, 0.15) is 0 Å². The van der Waals surface area contributed by atoms with Crippen LogP contribution in [0, 0.1) is 0 Å². The first-order valence-corrected chi connectivity index (χ1v) is 9.50. The molecular weight excluding hydrogens is 465 g/mol. The predicted octanol–water partition coefficient (Wildman–Crippen LogP) is -3.05. The van der Waals surface area contributed by atoms with E-state index in [1.165, 1.54) is 17.1 Å². The van der Waals surface area contributed by atoms with Gasteiger partial charge in [-0.25, -0.2) is 0 Å². The lowest BCUT2D eigenvalue weighted by Crippen LogP contribution is -2.09. The van der Waals surface area contributed by atoms with Crippen LogP contribution in [0.25, 0.3) is 0 Å². The molecule has 35 heavy (non-hydrogen) atoms. The van der Waals surface area contributed by atoms with Gasteiger partial charge in [0.1, 0.15) is 0 Å². The number of para-hydroxylation sites is 3. The average molecular weight is 493 g/mol. The standard InChI is InChI=1S/C18H15N.4BH3O3/c1-4-10-16(11-5-1)19(17-12-6-2-7-13-17)18-14-8-3-9-15-18;4*2-1(3)4/h1-15H;4*2-4H. The van der Waals surface area contributed by atoms with Crippen molar-refractivity contribution >= 4 is 46.3 Å². The van der Waals surface area contributed by atoms with E-state index in [2.05, 4.69) is 77.7 Å². The van der Waals surface area contributed by atoms with E-state index in [1.54, 1.807) is 0 Å². The van der Waals surface area contributed by atoms with E-state index in [0.717, 1.165) is 0 Å². The minimum Gasteiger partial charge on any atom is -0.402 e. The largest absolute Gasteiger partial charge is 0.631 e. The highest BCUT2D eigenvalue weighted by molar-refractivity contribution is 6.31. The third-order valence-corrected chi connectivity index (χ3v) is 3.04. The molecule has 13 nitrogen and oxygen atoms in total. The quantitative estimate of drug-likeness (QED) is 0.163. The highest BCUT2D eigenvalue weighted by atomic mass is 16.5. The summed E-state index contributed by atoms with van der Waals surface area (Å²) in [7, 11) is -8.67. The molecule has 0 aliphatic heterocycles. The summed E-state index contributed by atoms with van der Waals surface area (Å²) in [6, 6.07) is 31.3. The molecule has 0 heterocycles. The van der Waals surface area contributed by atoms with E-state index in [9.17, 15) is 0 Å². The zero-order valence-corrected chi connectivity index (χ0v) is 18.3. The van der Waals surface area contributed by atoms with Gasteiger partial charge in [0.15, 0.2) is 0 Å². The Balaban J connectivity index is 0. The summed E-state index contributed by atoms with van der Waals surface area (Å²) in [6.07, 6.45) is 0. The summed E-state index contributed by atoms with van der Waals surface area (Å²) in [5.41, 5.74) is 3.50. The molecule has 0 saturated carbocycles. The molecule has 12 N–H and O–H groups in total. The maximum absolute atomic E-state index is 7.17. The van der Waals surface area contributed by atoms with Gasteiger partial charge in [0, 0.05) is 17.1 Å². The van der Waals surface area contributed by atoms with E-state index < -0.39 is 29.3 Å². The highest BCUT2D eigenvalue weighted by Crippen LogP contribution is 2.33. The molecule has 3 rings (SSSR count). The number of benzene rings is 3. The molecule has 0 amide bonds. The zero-order valence-electron chi connectivity index (χ0n) is 18.3. The van der Waals surface area contributed by atoms with Gasteiger partial charge >= 0.3 is 29.3 Å². The molecule has 0 aliphatic carbocycles. The van der Waals surface area contributed by atoms with Crippen molar-refractivity contribution in [3.05, 3.63) is 91.0 Å². The molecule has 0 aliphatic rings. The van der Waals surface area contributed by atoms with Gasteiger partial charge in [-0.2, -0.15) is 0 Å². The van der Waals surface area contributed by atoms with Gasteiger partial charge < -0.3 is 65.2 Å². The molecule has 0 atom stereocenters. The van der Waals surface area contributed by atoms with Crippen molar-refractivity contribution < 1.29 is 60.3 Å². The van der Waals surface area contributed by atoms with Crippen molar-refractivity contribution in [3.63, 3.8) is 0 Å². The van der Waals surface area contributed by atoms with Gasteiger partial charge in [0.2, 0.25) is 0 Å². The lowest BCUT2D eigenvalue weighted by atomic mass is 10.2. The average Bonchev–Trinajstić information content (AvgIpc) is 2.75. The van der Waals surface area contributed by atoms with E-state index in [-0.39, 0.29) is 0 Å². The monoisotopic (exact) mass is 493 g/mol. The Kier molecular flexibility index (Phi) is 21.4. The number of hydrogen-bond acceptors (Lipinski definition) is 13. The number of hydrogen-bond donors (Lipinski definition) is 12. The molecular formula is C18H27B4NO12. The Hall–Kier alpha value is -2.76. The van der Waals surface area contributed by atoms with Gasteiger partial charge in [0.25, 0.3) is 0 Å². The SMILES string of the molecule is OB(O)O.OB(O)O.OB(O)O.OB(O)O.c1ccc(N(c2ccccc2)c2ccccc2)cc1. The van der Waals surface area contributed by atoms with Crippen LogP contribution in [-0.4, -0.2) is 89.6 Å². The van der Waals surface area contributed by atoms with Crippen molar-refractivity contribution in [1.29, 1.82) is 0 Å². The van der Waals surface area contributed by atoms with Crippen LogP contribution < -0.4 is 4.90 Å². The molecule has 17 heteroatoms. The zero-order chi connectivity index (χ0) is 27.2. The van der Waals surface area contributed by atoms with Gasteiger partial charge in [-0.1, -0.05) is 54.6 Å². The molecule has 0 fully saturated rings. The maximum atomic E-state index is 7.17. The fourth-order valence-corrected chi connectivity index (χ4v) is 2.18. The lowest BCUT2D eigenvalue weighted by molar-refractivity contribution is 0.276. The molecule has 0 bridgehead atoms. The fraction of sp³-hybridized carbons (Fsp3) is 0. The minimum atomic E-state index is -2.17. The van der Waals surface area contributed by atoms with Gasteiger partial charge in [-0.3, -0.25) is 0 Å². The Labute approximate surface area is 203 Å². The first-order valence-electron chi connectivity index (χ1n) is 9.50. The van der Waals surface area contributed by atoms with E-state index >= 15 is 0 Å². The third-order valence-electron chi connectivity index (χ3n) is 3.04.